The molecule has 0 spiro atoms. The number of nitrogens with zero attached hydrogens (tertiary/aromatic N) is 3. The number of hydrogen-bond acceptors (Lipinski definition) is 5. The molecule has 7 heteroatoms. The zero-order valence-electron chi connectivity index (χ0n) is 17.7. The van der Waals surface area contributed by atoms with Gasteiger partial charge in [0, 0.05) is 56.7 Å². The van der Waals surface area contributed by atoms with Crippen LogP contribution < -0.4 is 5.32 Å². The number of aromatic nitrogens is 2. The molecular weight excluding hydrogens is 368 g/mol. The fourth-order valence-corrected chi connectivity index (χ4v) is 4.24. The van der Waals surface area contributed by atoms with Crippen molar-refractivity contribution in [3.63, 3.8) is 0 Å². The van der Waals surface area contributed by atoms with Gasteiger partial charge in [-0.3, -0.25) is 9.78 Å². The third-order valence-electron chi connectivity index (χ3n) is 5.97. The van der Waals surface area contributed by atoms with Gasteiger partial charge >= 0.3 is 0 Å². The van der Waals surface area contributed by atoms with Crippen LogP contribution in [0.5, 0.6) is 0 Å². The summed E-state index contributed by atoms with van der Waals surface area (Å²) in [5, 5.41) is 4.44. The molecule has 4 rings (SSSR count). The zero-order chi connectivity index (χ0) is 20.4. The Bertz CT molecular complexity index is 855. The van der Waals surface area contributed by atoms with Crippen LogP contribution in [0.3, 0.4) is 0 Å². The quantitative estimate of drug-likeness (QED) is 0.690. The van der Waals surface area contributed by atoms with Crippen molar-refractivity contribution in [2.45, 2.75) is 57.8 Å². The first-order valence-corrected chi connectivity index (χ1v) is 10.7. The first kappa shape index (κ1) is 20.3. The maximum absolute atomic E-state index is 13.2. The van der Waals surface area contributed by atoms with E-state index in [1.807, 2.05) is 4.90 Å². The fraction of sp³-hybridized carbons (Fsp3) is 0.636. The molecule has 1 N–H and O–H groups in total. The highest BCUT2D eigenvalue weighted by atomic mass is 16.5. The van der Waals surface area contributed by atoms with Gasteiger partial charge in [0.1, 0.15) is 6.10 Å². The minimum absolute atomic E-state index is 0.0778. The molecule has 2 fully saturated rings. The third kappa shape index (κ3) is 4.32. The summed E-state index contributed by atoms with van der Waals surface area (Å²) in [6.45, 7) is 7.77. The van der Waals surface area contributed by atoms with Crippen LogP contribution in [-0.2, 0) is 20.8 Å². The molecule has 0 bridgehead atoms. The van der Waals surface area contributed by atoms with Gasteiger partial charge in [-0.1, -0.05) is 0 Å². The number of aryl methyl sites for hydroxylation is 2. The fourth-order valence-electron chi connectivity index (χ4n) is 4.24. The summed E-state index contributed by atoms with van der Waals surface area (Å²) in [7, 11) is 1.73. The van der Waals surface area contributed by atoms with Crippen LogP contribution in [0.4, 0.5) is 0 Å². The van der Waals surface area contributed by atoms with E-state index in [9.17, 15) is 4.79 Å². The Morgan fingerprint density at radius 1 is 1.48 bits per heavy atom. The Balaban J connectivity index is 1.61. The van der Waals surface area contributed by atoms with E-state index >= 15 is 0 Å². The van der Waals surface area contributed by atoms with Gasteiger partial charge in [-0.05, 0) is 45.2 Å². The van der Waals surface area contributed by atoms with E-state index < -0.39 is 6.10 Å². The lowest BCUT2D eigenvalue weighted by atomic mass is 10.1. The third-order valence-corrected chi connectivity index (χ3v) is 5.97. The maximum atomic E-state index is 13.2. The molecular formula is C22H32N4O3. The molecule has 1 aliphatic heterocycles. The standard InChI is InChI=1S/C22H32N4O3/c1-15-18-7-10-25(9-4-11-28-3)20(18)13-19(24-15)16(2)26(17-5-6-17)22(27)21-14-23-8-12-29-21/h7,10,13,16-17,21,23H,4-6,8-9,11-12,14H2,1-3H3/t16-,21-/m1/s1. The molecule has 3 heterocycles. The molecule has 7 nitrogen and oxygen atoms in total. The van der Waals surface area contributed by atoms with Gasteiger partial charge in [0.25, 0.3) is 5.91 Å². The van der Waals surface area contributed by atoms with Crippen LogP contribution in [0.1, 0.15) is 43.6 Å². The van der Waals surface area contributed by atoms with E-state index in [-0.39, 0.29) is 11.9 Å². The molecule has 1 saturated carbocycles. The number of carbonyl (C=O) groups is 1. The summed E-state index contributed by atoms with van der Waals surface area (Å²) in [5.74, 6) is 0.0854. The summed E-state index contributed by atoms with van der Waals surface area (Å²) in [4.78, 5) is 20.1. The number of carbonyl (C=O) groups excluding carboxylic acids is 1. The summed E-state index contributed by atoms with van der Waals surface area (Å²) in [6, 6.07) is 4.51. The maximum Gasteiger partial charge on any atom is 0.253 e. The normalized spacial score (nSPS) is 20.7. The molecule has 29 heavy (non-hydrogen) atoms. The van der Waals surface area contributed by atoms with E-state index in [0.29, 0.717) is 19.2 Å². The lowest BCUT2D eigenvalue weighted by molar-refractivity contribution is -0.148. The smallest absolute Gasteiger partial charge is 0.253 e. The van der Waals surface area contributed by atoms with Crippen LogP contribution in [0.15, 0.2) is 18.3 Å². The highest BCUT2D eigenvalue weighted by Gasteiger charge is 2.40. The first-order chi connectivity index (χ1) is 14.1. The lowest BCUT2D eigenvalue weighted by Gasteiger charge is -2.34. The zero-order valence-corrected chi connectivity index (χ0v) is 17.7. The number of nitrogens with one attached hydrogen (secondary N) is 1. The first-order valence-electron chi connectivity index (χ1n) is 10.7. The largest absolute Gasteiger partial charge is 0.385 e. The summed E-state index contributed by atoms with van der Waals surface area (Å²) < 4.78 is 13.2. The minimum Gasteiger partial charge on any atom is -0.385 e. The highest BCUT2D eigenvalue weighted by Crippen LogP contribution is 2.36. The number of ether oxygens (including phenoxy) is 2. The van der Waals surface area contributed by atoms with Gasteiger partial charge in [0.15, 0.2) is 0 Å². The number of amides is 1. The molecule has 1 saturated heterocycles. The van der Waals surface area contributed by atoms with Crippen LogP contribution in [0.2, 0.25) is 0 Å². The molecule has 2 aromatic rings. The second kappa shape index (κ2) is 8.81. The van der Waals surface area contributed by atoms with Crippen LogP contribution in [0, 0.1) is 6.92 Å². The van der Waals surface area contributed by atoms with Gasteiger partial charge < -0.3 is 24.3 Å². The van der Waals surface area contributed by atoms with Crippen LogP contribution in [-0.4, -0.2) is 65.9 Å². The molecule has 0 aromatic carbocycles. The number of rotatable bonds is 8. The second-order valence-corrected chi connectivity index (χ2v) is 8.14. The average Bonchev–Trinajstić information content (AvgIpc) is 3.48. The van der Waals surface area contributed by atoms with Crippen molar-refractivity contribution in [1.82, 2.24) is 19.8 Å². The Labute approximate surface area is 172 Å². The van der Waals surface area contributed by atoms with Crippen molar-refractivity contribution in [3.05, 3.63) is 29.7 Å². The second-order valence-electron chi connectivity index (χ2n) is 8.14. The van der Waals surface area contributed by atoms with E-state index in [1.165, 1.54) is 10.9 Å². The van der Waals surface area contributed by atoms with Gasteiger partial charge in [0.05, 0.1) is 23.9 Å². The van der Waals surface area contributed by atoms with Gasteiger partial charge in [0.2, 0.25) is 0 Å². The molecule has 1 aliphatic carbocycles. The SMILES string of the molecule is COCCCn1ccc2c(C)nc([C@@H](C)N(C(=O)[C@H]3CNCCO3)C3CC3)cc21. The monoisotopic (exact) mass is 400 g/mol. The van der Waals surface area contributed by atoms with Crippen molar-refractivity contribution < 1.29 is 14.3 Å². The van der Waals surface area contributed by atoms with Crippen molar-refractivity contribution in [1.29, 1.82) is 0 Å². The molecule has 0 radical (unpaired) electrons. The van der Waals surface area contributed by atoms with Gasteiger partial charge in [-0.2, -0.15) is 0 Å². The Kier molecular flexibility index (Phi) is 6.18. The molecule has 0 unspecified atom stereocenters. The Morgan fingerprint density at radius 2 is 2.31 bits per heavy atom. The van der Waals surface area contributed by atoms with Crippen LogP contribution >= 0.6 is 0 Å². The Morgan fingerprint density at radius 3 is 3.00 bits per heavy atom. The number of hydrogen-bond donors (Lipinski definition) is 1. The molecule has 2 aliphatic rings. The predicted molar refractivity (Wildman–Crippen MR) is 112 cm³/mol. The number of pyridine rings is 1. The predicted octanol–water partition coefficient (Wildman–Crippen LogP) is 2.42. The highest BCUT2D eigenvalue weighted by molar-refractivity contribution is 5.84. The van der Waals surface area contributed by atoms with Crippen molar-refractivity contribution >= 4 is 16.8 Å². The molecule has 1 amide bonds. The van der Waals surface area contributed by atoms with E-state index in [1.54, 1.807) is 7.11 Å². The summed E-state index contributed by atoms with van der Waals surface area (Å²) >= 11 is 0. The molecule has 2 atom stereocenters. The van der Waals surface area contributed by atoms with Gasteiger partial charge in [-0.15, -0.1) is 0 Å². The topological polar surface area (TPSA) is 68.6 Å². The Hall–Kier alpha value is -1.96. The average molecular weight is 401 g/mol. The lowest BCUT2D eigenvalue weighted by Crippen LogP contribution is -2.50. The van der Waals surface area contributed by atoms with Crippen LogP contribution in [0.25, 0.3) is 10.9 Å². The van der Waals surface area contributed by atoms with Crippen molar-refractivity contribution in [3.8, 4) is 0 Å². The number of morpholine rings is 1. The van der Waals surface area contributed by atoms with E-state index in [0.717, 1.165) is 50.3 Å². The number of methoxy groups -OCH3 is 1. The van der Waals surface area contributed by atoms with E-state index in [2.05, 4.69) is 42.1 Å². The van der Waals surface area contributed by atoms with Gasteiger partial charge in [-0.25, -0.2) is 0 Å². The van der Waals surface area contributed by atoms with E-state index in [4.69, 9.17) is 14.5 Å². The van der Waals surface area contributed by atoms with Crippen molar-refractivity contribution in [2.24, 2.45) is 0 Å². The molecule has 2 aromatic heterocycles. The van der Waals surface area contributed by atoms with Crippen molar-refractivity contribution in [2.75, 3.05) is 33.4 Å². The number of fused-ring (bicyclic) bond motifs is 1. The minimum atomic E-state index is -0.394. The summed E-state index contributed by atoms with van der Waals surface area (Å²) in [6.07, 6.45) is 4.81. The molecule has 158 valence electrons. The summed E-state index contributed by atoms with van der Waals surface area (Å²) in [5.41, 5.74) is 3.13.